The SMILES string of the molecule is NC(=O)OCC(NC(=O)Cn1nc(-c2ccc(Cl)cc2)n(C[C@H](O)C(F)(F)F)c1=O)c1cccc(Cl)c1F. The van der Waals surface area contributed by atoms with Crippen LogP contribution in [0.3, 0.4) is 0 Å². The zero-order valence-electron chi connectivity index (χ0n) is 19.1. The van der Waals surface area contributed by atoms with Crippen LogP contribution in [0.2, 0.25) is 10.0 Å². The number of aliphatic hydroxyl groups excluding tert-OH is 1. The van der Waals surface area contributed by atoms with E-state index in [9.17, 15) is 37.1 Å². The largest absolute Gasteiger partial charge is 0.447 e. The number of rotatable bonds is 9. The van der Waals surface area contributed by atoms with Crippen LogP contribution in [0.1, 0.15) is 11.6 Å². The highest BCUT2D eigenvalue weighted by atomic mass is 35.5. The monoisotopic (exact) mass is 579 g/mol. The van der Waals surface area contributed by atoms with E-state index < -0.39 is 61.5 Å². The van der Waals surface area contributed by atoms with E-state index in [0.29, 0.717) is 14.3 Å². The van der Waals surface area contributed by atoms with Gasteiger partial charge in [-0.05, 0) is 30.3 Å². The standard InChI is InChI=1S/C22H19Cl2F4N5O5/c23-12-6-4-11(5-7-12)19-31-33(21(37)32(19)8-16(34)22(26,27)28)9-17(35)30-15(10-38-20(29)36)13-2-1-3-14(24)18(13)25/h1-7,15-16,34H,8-10H2,(H2,29,36)(H,30,35)/t15?,16-/m0/s1. The molecule has 38 heavy (non-hydrogen) atoms. The van der Waals surface area contributed by atoms with E-state index >= 15 is 0 Å². The second-order valence-electron chi connectivity index (χ2n) is 7.83. The number of carbonyl (C=O) groups is 2. The summed E-state index contributed by atoms with van der Waals surface area (Å²) in [6.45, 7) is -2.63. The van der Waals surface area contributed by atoms with Crippen LogP contribution in [0, 0.1) is 5.82 Å². The highest BCUT2D eigenvalue weighted by molar-refractivity contribution is 6.31. The fraction of sp³-hybridized carbons (Fsp3) is 0.273. The van der Waals surface area contributed by atoms with Crippen molar-refractivity contribution in [2.24, 2.45) is 5.73 Å². The van der Waals surface area contributed by atoms with Crippen molar-refractivity contribution in [2.45, 2.75) is 31.4 Å². The van der Waals surface area contributed by atoms with Gasteiger partial charge in [0.2, 0.25) is 5.91 Å². The van der Waals surface area contributed by atoms with Crippen molar-refractivity contribution < 1.29 is 37.0 Å². The number of nitrogens with two attached hydrogens (primary N) is 1. The molecule has 10 nitrogen and oxygen atoms in total. The third-order valence-electron chi connectivity index (χ3n) is 5.14. The number of primary amides is 1. The van der Waals surface area contributed by atoms with Crippen molar-refractivity contribution in [2.75, 3.05) is 6.61 Å². The molecule has 0 fully saturated rings. The molecular weight excluding hydrogens is 561 g/mol. The van der Waals surface area contributed by atoms with Gasteiger partial charge < -0.3 is 20.9 Å². The maximum atomic E-state index is 14.6. The minimum absolute atomic E-state index is 0.167. The van der Waals surface area contributed by atoms with Crippen LogP contribution in [-0.2, 0) is 22.6 Å². The van der Waals surface area contributed by atoms with Crippen LogP contribution in [0.25, 0.3) is 11.4 Å². The van der Waals surface area contributed by atoms with Gasteiger partial charge in [-0.2, -0.15) is 13.2 Å². The fourth-order valence-corrected chi connectivity index (χ4v) is 3.65. The number of alkyl halides is 3. The Morgan fingerprint density at radius 3 is 2.42 bits per heavy atom. The van der Waals surface area contributed by atoms with Gasteiger partial charge in [-0.1, -0.05) is 35.3 Å². The lowest BCUT2D eigenvalue weighted by Gasteiger charge is -2.19. The molecule has 3 rings (SSSR count). The Labute approximate surface area is 221 Å². The molecule has 0 saturated heterocycles. The van der Waals surface area contributed by atoms with Gasteiger partial charge in [0.15, 0.2) is 11.9 Å². The first-order chi connectivity index (χ1) is 17.8. The Hall–Kier alpha value is -3.62. The summed E-state index contributed by atoms with van der Waals surface area (Å²) in [5.41, 5.74) is 3.82. The highest BCUT2D eigenvalue weighted by Gasteiger charge is 2.39. The Morgan fingerprint density at radius 1 is 1.16 bits per heavy atom. The summed E-state index contributed by atoms with van der Waals surface area (Å²) in [4.78, 5) is 36.8. The van der Waals surface area contributed by atoms with Gasteiger partial charge in [0.25, 0.3) is 0 Å². The van der Waals surface area contributed by atoms with Gasteiger partial charge in [0, 0.05) is 16.1 Å². The molecule has 3 aromatic rings. The molecule has 1 aromatic heterocycles. The molecule has 0 radical (unpaired) electrons. The second-order valence-corrected chi connectivity index (χ2v) is 8.68. The van der Waals surface area contributed by atoms with Crippen molar-refractivity contribution in [3.05, 3.63) is 74.4 Å². The molecule has 0 aliphatic carbocycles. The lowest BCUT2D eigenvalue weighted by molar-refractivity contribution is -0.207. The van der Waals surface area contributed by atoms with Crippen molar-refractivity contribution in [1.29, 1.82) is 0 Å². The molecule has 0 aliphatic rings. The first-order valence-corrected chi connectivity index (χ1v) is 11.4. The molecular formula is C22H19Cl2F4N5O5. The minimum Gasteiger partial charge on any atom is -0.447 e. The van der Waals surface area contributed by atoms with Crippen LogP contribution in [-0.4, -0.2) is 50.3 Å². The van der Waals surface area contributed by atoms with Gasteiger partial charge in [-0.25, -0.2) is 18.7 Å². The van der Waals surface area contributed by atoms with Crippen molar-refractivity contribution in [1.82, 2.24) is 19.7 Å². The predicted octanol–water partition coefficient (Wildman–Crippen LogP) is 3.03. The topological polar surface area (TPSA) is 141 Å². The maximum absolute atomic E-state index is 14.6. The average molecular weight is 580 g/mol. The molecule has 0 bridgehead atoms. The molecule has 1 unspecified atom stereocenters. The number of carbonyl (C=O) groups excluding carboxylic acids is 2. The summed E-state index contributed by atoms with van der Waals surface area (Å²) in [6.07, 6.45) is -9.15. The first kappa shape index (κ1) is 28.9. The van der Waals surface area contributed by atoms with Gasteiger partial charge in [0.05, 0.1) is 17.6 Å². The van der Waals surface area contributed by atoms with E-state index in [2.05, 4.69) is 15.2 Å². The Kier molecular flexibility index (Phi) is 9.01. The molecule has 1 heterocycles. The quantitative estimate of drug-likeness (QED) is 0.333. The third-order valence-corrected chi connectivity index (χ3v) is 5.68. The number of nitrogens with zero attached hydrogens (tertiary/aromatic N) is 3. The predicted molar refractivity (Wildman–Crippen MR) is 127 cm³/mol. The Morgan fingerprint density at radius 2 is 1.82 bits per heavy atom. The van der Waals surface area contributed by atoms with Crippen LogP contribution in [0.15, 0.2) is 47.3 Å². The smallest absolute Gasteiger partial charge is 0.416 e. The van der Waals surface area contributed by atoms with Crippen LogP contribution in [0.4, 0.5) is 22.4 Å². The van der Waals surface area contributed by atoms with Crippen LogP contribution >= 0.6 is 23.2 Å². The average Bonchev–Trinajstić information content (AvgIpc) is 3.13. The number of halogens is 6. The van der Waals surface area contributed by atoms with Gasteiger partial charge >= 0.3 is 18.0 Å². The summed E-state index contributed by atoms with van der Waals surface area (Å²) >= 11 is 11.6. The molecule has 0 spiro atoms. The normalized spacial score (nSPS) is 13.1. The van der Waals surface area contributed by atoms with E-state index in [1.54, 1.807) is 0 Å². The van der Waals surface area contributed by atoms with E-state index in [4.69, 9.17) is 28.9 Å². The highest BCUT2D eigenvalue weighted by Crippen LogP contribution is 2.25. The number of hydrogen-bond acceptors (Lipinski definition) is 6. The van der Waals surface area contributed by atoms with Crippen LogP contribution < -0.4 is 16.7 Å². The molecule has 204 valence electrons. The number of nitrogens with one attached hydrogen (secondary N) is 1. The zero-order valence-corrected chi connectivity index (χ0v) is 20.6. The van der Waals surface area contributed by atoms with Crippen molar-refractivity contribution >= 4 is 35.2 Å². The number of aliphatic hydroxyl groups is 1. The van der Waals surface area contributed by atoms with Gasteiger partial charge in [0.1, 0.15) is 19.0 Å². The Balaban J connectivity index is 1.93. The molecule has 2 aromatic carbocycles. The van der Waals surface area contributed by atoms with Gasteiger partial charge in [-0.3, -0.25) is 9.36 Å². The van der Waals surface area contributed by atoms with Gasteiger partial charge in [-0.15, -0.1) is 5.10 Å². The summed E-state index contributed by atoms with van der Waals surface area (Å²) in [5.74, 6) is -2.15. The summed E-state index contributed by atoms with van der Waals surface area (Å²) in [7, 11) is 0. The van der Waals surface area contributed by atoms with E-state index in [-0.39, 0.29) is 22.0 Å². The Bertz CT molecular complexity index is 1380. The summed E-state index contributed by atoms with van der Waals surface area (Å²) in [5, 5.41) is 15.9. The number of ether oxygens (including phenoxy) is 1. The number of amides is 2. The molecule has 2 amide bonds. The molecule has 0 saturated carbocycles. The third kappa shape index (κ3) is 7.02. The number of hydrogen-bond donors (Lipinski definition) is 3. The molecule has 2 atom stereocenters. The van der Waals surface area contributed by atoms with E-state index in [1.807, 2.05) is 0 Å². The minimum atomic E-state index is -5.04. The first-order valence-electron chi connectivity index (χ1n) is 10.6. The number of benzene rings is 2. The second kappa shape index (κ2) is 11.8. The van der Waals surface area contributed by atoms with Crippen molar-refractivity contribution in [3.8, 4) is 11.4 Å². The summed E-state index contributed by atoms with van der Waals surface area (Å²) in [6, 6.07) is 8.15. The molecule has 0 aliphatic heterocycles. The van der Waals surface area contributed by atoms with Crippen LogP contribution in [0.5, 0.6) is 0 Å². The van der Waals surface area contributed by atoms with Crippen molar-refractivity contribution in [3.63, 3.8) is 0 Å². The zero-order chi connectivity index (χ0) is 28.2. The lowest BCUT2D eigenvalue weighted by Crippen LogP contribution is -2.40. The summed E-state index contributed by atoms with van der Waals surface area (Å²) < 4.78 is 59.4. The van der Waals surface area contributed by atoms with E-state index in [1.165, 1.54) is 42.5 Å². The maximum Gasteiger partial charge on any atom is 0.416 e. The number of aromatic nitrogens is 3. The van der Waals surface area contributed by atoms with E-state index in [0.717, 1.165) is 0 Å². The molecule has 4 N–H and O–H groups in total. The fourth-order valence-electron chi connectivity index (χ4n) is 3.34. The lowest BCUT2D eigenvalue weighted by atomic mass is 10.1. The molecule has 16 heteroatoms.